The molecule has 0 saturated carbocycles. The van der Waals surface area contributed by atoms with Crippen LogP contribution in [0.5, 0.6) is 0 Å². The maximum absolute atomic E-state index is 12.4. The van der Waals surface area contributed by atoms with Gasteiger partial charge in [0, 0.05) is 10.8 Å². The molecule has 0 amide bonds. The molecule has 1 heterocycles. The van der Waals surface area contributed by atoms with Gasteiger partial charge in [-0.1, -0.05) is 18.2 Å². The highest BCUT2D eigenvalue weighted by molar-refractivity contribution is 6.05. The van der Waals surface area contributed by atoms with Crippen molar-refractivity contribution >= 4 is 27.8 Å². The number of para-hydroxylation sites is 2. The third kappa shape index (κ3) is 1.61. The highest BCUT2D eigenvalue weighted by Gasteiger charge is 2.13. The molecule has 94 valence electrons. The number of aromatic amines is 1. The predicted octanol–water partition coefficient (Wildman–Crippen LogP) is 2.69. The number of carboxylic acid groups (broad SMARTS) is 1. The van der Waals surface area contributed by atoms with Crippen LogP contribution >= 0.6 is 0 Å². The van der Waals surface area contributed by atoms with Gasteiger partial charge in [-0.05, 0) is 30.7 Å². The fraction of sp³-hybridized carbons (Fsp3) is 0.0667. The van der Waals surface area contributed by atoms with Crippen molar-refractivity contribution in [3.63, 3.8) is 0 Å². The number of nitrogens with one attached hydrogen (secondary N) is 1. The van der Waals surface area contributed by atoms with Crippen LogP contribution in [0, 0.1) is 6.92 Å². The molecule has 2 aromatic carbocycles. The molecule has 0 spiro atoms. The summed E-state index contributed by atoms with van der Waals surface area (Å²) in [7, 11) is 0. The Kier molecular flexibility index (Phi) is 2.38. The first-order valence-corrected chi connectivity index (χ1v) is 5.87. The van der Waals surface area contributed by atoms with Gasteiger partial charge in [0.05, 0.1) is 16.6 Å². The average Bonchev–Trinajstić information content (AvgIpc) is 2.39. The molecule has 4 heteroatoms. The minimum absolute atomic E-state index is 0.111. The van der Waals surface area contributed by atoms with Crippen molar-refractivity contribution in [2.45, 2.75) is 6.92 Å². The second kappa shape index (κ2) is 3.95. The van der Waals surface area contributed by atoms with E-state index in [1.165, 1.54) is 6.07 Å². The number of carboxylic acids is 1. The van der Waals surface area contributed by atoms with E-state index in [9.17, 15) is 14.7 Å². The molecule has 19 heavy (non-hydrogen) atoms. The molecule has 2 N–H and O–H groups in total. The summed E-state index contributed by atoms with van der Waals surface area (Å²) in [5.41, 5.74) is 1.95. The third-order valence-electron chi connectivity index (χ3n) is 3.31. The van der Waals surface area contributed by atoms with Gasteiger partial charge >= 0.3 is 5.97 Å². The molecule has 1 aromatic heterocycles. The number of pyridine rings is 1. The summed E-state index contributed by atoms with van der Waals surface area (Å²) in [6, 6.07) is 10.2. The highest BCUT2D eigenvalue weighted by Crippen LogP contribution is 2.20. The van der Waals surface area contributed by atoms with E-state index in [-0.39, 0.29) is 11.0 Å². The summed E-state index contributed by atoms with van der Waals surface area (Å²) in [5, 5.41) is 10.2. The fourth-order valence-electron chi connectivity index (χ4n) is 2.35. The van der Waals surface area contributed by atoms with E-state index in [4.69, 9.17) is 0 Å². The lowest BCUT2D eigenvalue weighted by Crippen LogP contribution is -2.08. The van der Waals surface area contributed by atoms with Crippen molar-refractivity contribution in [2.75, 3.05) is 0 Å². The van der Waals surface area contributed by atoms with E-state index in [1.807, 2.05) is 19.1 Å². The molecule has 0 bridgehead atoms. The van der Waals surface area contributed by atoms with Gasteiger partial charge in [-0.2, -0.15) is 0 Å². The summed E-state index contributed by atoms with van der Waals surface area (Å²) >= 11 is 0. The van der Waals surface area contributed by atoms with Crippen molar-refractivity contribution in [3.8, 4) is 0 Å². The van der Waals surface area contributed by atoms with E-state index in [2.05, 4.69) is 4.98 Å². The Morgan fingerprint density at radius 1 is 1.05 bits per heavy atom. The molecule has 0 unspecified atom stereocenters. The predicted molar refractivity (Wildman–Crippen MR) is 73.8 cm³/mol. The largest absolute Gasteiger partial charge is 0.478 e. The summed E-state index contributed by atoms with van der Waals surface area (Å²) in [6.07, 6.45) is 0. The number of hydrogen-bond donors (Lipinski definition) is 2. The number of hydrogen-bond acceptors (Lipinski definition) is 2. The molecular weight excluding hydrogens is 242 g/mol. The van der Waals surface area contributed by atoms with Crippen LogP contribution in [0.4, 0.5) is 0 Å². The first-order chi connectivity index (χ1) is 9.09. The van der Waals surface area contributed by atoms with Crippen molar-refractivity contribution < 1.29 is 9.90 Å². The lowest BCUT2D eigenvalue weighted by molar-refractivity contribution is 0.0699. The van der Waals surface area contributed by atoms with Gasteiger partial charge in [0.15, 0.2) is 5.43 Å². The molecule has 3 aromatic rings. The number of H-pyrrole nitrogens is 1. The number of aromatic nitrogens is 1. The molecule has 0 radical (unpaired) electrons. The zero-order chi connectivity index (χ0) is 13.6. The van der Waals surface area contributed by atoms with Gasteiger partial charge in [-0.3, -0.25) is 4.79 Å². The normalized spacial score (nSPS) is 11.0. The third-order valence-corrected chi connectivity index (χ3v) is 3.31. The maximum Gasteiger partial charge on any atom is 0.337 e. The molecule has 4 nitrogen and oxygen atoms in total. The molecule has 0 saturated heterocycles. The minimum atomic E-state index is -1.05. The number of aromatic carboxylic acids is 1. The smallest absolute Gasteiger partial charge is 0.337 e. The fourth-order valence-corrected chi connectivity index (χ4v) is 2.35. The maximum atomic E-state index is 12.4. The molecule has 0 aliphatic rings. The van der Waals surface area contributed by atoms with E-state index in [0.29, 0.717) is 21.8 Å². The minimum Gasteiger partial charge on any atom is -0.478 e. The summed E-state index contributed by atoms with van der Waals surface area (Å²) in [4.78, 5) is 26.7. The van der Waals surface area contributed by atoms with Crippen LogP contribution in [-0.2, 0) is 0 Å². The van der Waals surface area contributed by atoms with Crippen LogP contribution in [0.1, 0.15) is 15.9 Å². The van der Waals surface area contributed by atoms with Crippen LogP contribution in [0.15, 0.2) is 41.2 Å². The molecule has 0 atom stereocenters. The first-order valence-electron chi connectivity index (χ1n) is 5.87. The van der Waals surface area contributed by atoms with Crippen LogP contribution in [0.3, 0.4) is 0 Å². The standard InChI is InChI=1S/C15H11NO3/c1-8-4-2-5-9-12(8)16-13-10(14(9)17)6-3-7-11(13)15(18)19/h2-7H,1H3,(H,16,17)(H,18,19). The van der Waals surface area contributed by atoms with Crippen LogP contribution in [-0.4, -0.2) is 16.1 Å². The van der Waals surface area contributed by atoms with Gasteiger partial charge in [-0.15, -0.1) is 0 Å². The zero-order valence-electron chi connectivity index (χ0n) is 10.2. The van der Waals surface area contributed by atoms with Crippen LogP contribution in [0.2, 0.25) is 0 Å². The van der Waals surface area contributed by atoms with Gasteiger partial charge in [0.2, 0.25) is 0 Å². The second-order valence-electron chi connectivity index (χ2n) is 4.48. The van der Waals surface area contributed by atoms with E-state index < -0.39 is 5.97 Å². The number of fused-ring (bicyclic) bond motifs is 2. The Hall–Kier alpha value is -2.62. The Balaban J connectivity index is 2.62. The van der Waals surface area contributed by atoms with Crippen LogP contribution in [0.25, 0.3) is 21.8 Å². The Labute approximate surface area is 108 Å². The highest BCUT2D eigenvalue weighted by atomic mass is 16.4. The lowest BCUT2D eigenvalue weighted by Gasteiger charge is -2.07. The van der Waals surface area contributed by atoms with E-state index in [0.717, 1.165) is 5.56 Å². The Bertz CT molecular complexity index is 878. The molecule has 3 rings (SSSR count). The van der Waals surface area contributed by atoms with E-state index >= 15 is 0 Å². The number of rotatable bonds is 1. The average molecular weight is 253 g/mol. The van der Waals surface area contributed by atoms with Crippen molar-refractivity contribution in [2.24, 2.45) is 0 Å². The van der Waals surface area contributed by atoms with Gasteiger partial charge in [0.1, 0.15) is 0 Å². The number of aryl methyl sites for hydroxylation is 1. The Morgan fingerprint density at radius 2 is 1.68 bits per heavy atom. The monoisotopic (exact) mass is 253 g/mol. The van der Waals surface area contributed by atoms with Crippen LogP contribution < -0.4 is 5.43 Å². The van der Waals surface area contributed by atoms with Gasteiger partial charge in [-0.25, -0.2) is 4.79 Å². The number of benzene rings is 2. The zero-order valence-corrected chi connectivity index (χ0v) is 10.2. The second-order valence-corrected chi connectivity index (χ2v) is 4.48. The number of carbonyl (C=O) groups is 1. The first kappa shape index (κ1) is 11.5. The SMILES string of the molecule is Cc1cccc2c(=O)c3cccc(C(=O)O)c3[nH]c12. The molecule has 0 aliphatic heterocycles. The van der Waals surface area contributed by atoms with Crippen molar-refractivity contribution in [1.82, 2.24) is 4.98 Å². The molecular formula is C15H11NO3. The van der Waals surface area contributed by atoms with Gasteiger partial charge in [0.25, 0.3) is 0 Å². The summed E-state index contributed by atoms with van der Waals surface area (Å²) < 4.78 is 0. The van der Waals surface area contributed by atoms with Crippen molar-refractivity contribution in [3.05, 3.63) is 57.7 Å². The summed E-state index contributed by atoms with van der Waals surface area (Å²) in [6.45, 7) is 1.88. The lowest BCUT2D eigenvalue weighted by atomic mass is 10.0. The quantitative estimate of drug-likeness (QED) is 0.655. The topological polar surface area (TPSA) is 70.2 Å². The Morgan fingerprint density at radius 3 is 2.37 bits per heavy atom. The van der Waals surface area contributed by atoms with E-state index in [1.54, 1.807) is 18.2 Å². The van der Waals surface area contributed by atoms with Crippen molar-refractivity contribution in [1.29, 1.82) is 0 Å². The van der Waals surface area contributed by atoms with Gasteiger partial charge < -0.3 is 10.1 Å². The molecule has 0 fully saturated rings. The summed E-state index contributed by atoms with van der Waals surface area (Å²) in [5.74, 6) is -1.05. The molecule has 0 aliphatic carbocycles.